The Hall–Kier alpha value is -0.0400. The third-order valence-corrected chi connectivity index (χ3v) is 3.25. The van der Waals surface area contributed by atoms with E-state index in [0.717, 1.165) is 5.92 Å². The Morgan fingerprint density at radius 1 is 1.23 bits per heavy atom. The van der Waals surface area contributed by atoms with Crippen molar-refractivity contribution in [1.82, 2.24) is 0 Å². The van der Waals surface area contributed by atoms with E-state index in [4.69, 9.17) is 4.74 Å². The minimum Gasteiger partial charge on any atom is -0.369 e. The average molecular weight is 184 g/mol. The second-order valence-electron chi connectivity index (χ2n) is 5.49. The van der Waals surface area contributed by atoms with Gasteiger partial charge >= 0.3 is 0 Å². The molecule has 13 heavy (non-hydrogen) atoms. The lowest BCUT2D eigenvalue weighted by Gasteiger charge is -2.47. The second kappa shape index (κ2) is 3.61. The molecule has 0 aliphatic carbocycles. The van der Waals surface area contributed by atoms with Crippen LogP contribution in [-0.2, 0) is 4.74 Å². The third-order valence-electron chi connectivity index (χ3n) is 3.25. The summed E-state index contributed by atoms with van der Waals surface area (Å²) in [4.78, 5) is 0. The molecular weight excluding hydrogens is 160 g/mol. The average Bonchev–Trinajstić information content (AvgIpc) is 1.93. The maximum atomic E-state index is 6.13. The highest BCUT2D eigenvalue weighted by molar-refractivity contribution is 4.89. The highest BCUT2D eigenvalue weighted by Gasteiger charge is 2.40. The fraction of sp³-hybridized carbons (Fsp3) is 1.00. The molecule has 1 heteroatoms. The standard InChI is InChI=1S/C12H24O/c1-6-7-10-8-9-11(2,3)13-12(10,4)5/h10H,6-9H2,1-5H3. The van der Waals surface area contributed by atoms with Crippen LogP contribution in [0.5, 0.6) is 0 Å². The van der Waals surface area contributed by atoms with E-state index in [0.29, 0.717) is 0 Å². The Bertz CT molecular complexity index is 170. The summed E-state index contributed by atoms with van der Waals surface area (Å²) >= 11 is 0. The van der Waals surface area contributed by atoms with Crippen molar-refractivity contribution >= 4 is 0 Å². The Morgan fingerprint density at radius 3 is 2.31 bits per heavy atom. The first kappa shape index (κ1) is 11.0. The van der Waals surface area contributed by atoms with Crippen LogP contribution in [-0.4, -0.2) is 11.2 Å². The van der Waals surface area contributed by atoms with Crippen LogP contribution in [0.25, 0.3) is 0 Å². The summed E-state index contributed by atoms with van der Waals surface area (Å²) in [5.41, 5.74) is 0.172. The number of hydrogen-bond acceptors (Lipinski definition) is 1. The first-order chi connectivity index (χ1) is 5.87. The minimum atomic E-state index is 0.0811. The Labute approximate surface area is 82.9 Å². The molecule has 1 heterocycles. The summed E-state index contributed by atoms with van der Waals surface area (Å²) in [6.07, 6.45) is 5.12. The van der Waals surface area contributed by atoms with Crippen LogP contribution in [0.15, 0.2) is 0 Å². The fourth-order valence-corrected chi connectivity index (χ4v) is 2.56. The van der Waals surface area contributed by atoms with Crippen molar-refractivity contribution in [3.63, 3.8) is 0 Å². The Balaban J connectivity index is 2.62. The molecule has 1 saturated heterocycles. The van der Waals surface area contributed by atoms with Crippen LogP contribution < -0.4 is 0 Å². The van der Waals surface area contributed by atoms with Crippen LogP contribution in [0.3, 0.4) is 0 Å². The van der Waals surface area contributed by atoms with E-state index in [1.807, 2.05) is 0 Å². The molecule has 0 N–H and O–H groups in total. The molecule has 0 aromatic carbocycles. The molecule has 1 aliphatic heterocycles. The molecule has 0 amide bonds. The molecule has 0 saturated carbocycles. The predicted molar refractivity (Wildman–Crippen MR) is 56.9 cm³/mol. The van der Waals surface area contributed by atoms with Gasteiger partial charge in [-0.25, -0.2) is 0 Å². The fourth-order valence-electron chi connectivity index (χ4n) is 2.56. The lowest BCUT2D eigenvalue weighted by Crippen LogP contribution is -2.47. The molecule has 1 rings (SSSR count). The van der Waals surface area contributed by atoms with Gasteiger partial charge in [0.25, 0.3) is 0 Å². The van der Waals surface area contributed by atoms with E-state index in [2.05, 4.69) is 34.6 Å². The van der Waals surface area contributed by atoms with E-state index in [-0.39, 0.29) is 11.2 Å². The topological polar surface area (TPSA) is 9.23 Å². The first-order valence-corrected chi connectivity index (χ1v) is 5.57. The molecule has 1 aliphatic rings. The van der Waals surface area contributed by atoms with Crippen LogP contribution in [0.4, 0.5) is 0 Å². The molecule has 78 valence electrons. The molecule has 0 bridgehead atoms. The van der Waals surface area contributed by atoms with Crippen LogP contribution in [0.1, 0.15) is 60.3 Å². The number of hydrogen-bond donors (Lipinski definition) is 0. The van der Waals surface area contributed by atoms with Gasteiger partial charge in [0.05, 0.1) is 11.2 Å². The predicted octanol–water partition coefficient (Wildman–Crippen LogP) is 3.77. The van der Waals surface area contributed by atoms with Gasteiger partial charge in [-0.05, 0) is 52.9 Å². The molecule has 0 radical (unpaired) electrons. The van der Waals surface area contributed by atoms with Crippen LogP contribution in [0.2, 0.25) is 0 Å². The van der Waals surface area contributed by atoms with Crippen molar-refractivity contribution in [2.75, 3.05) is 0 Å². The zero-order chi connectivity index (χ0) is 10.1. The van der Waals surface area contributed by atoms with E-state index in [9.17, 15) is 0 Å². The van der Waals surface area contributed by atoms with Gasteiger partial charge in [-0.3, -0.25) is 0 Å². The molecule has 1 fully saturated rings. The van der Waals surface area contributed by atoms with E-state index < -0.39 is 0 Å². The highest BCUT2D eigenvalue weighted by Crippen LogP contribution is 2.40. The van der Waals surface area contributed by atoms with Crippen molar-refractivity contribution in [2.24, 2.45) is 5.92 Å². The normalized spacial score (nSPS) is 31.6. The lowest BCUT2D eigenvalue weighted by molar-refractivity contribution is -0.186. The Morgan fingerprint density at radius 2 is 1.85 bits per heavy atom. The van der Waals surface area contributed by atoms with Gasteiger partial charge in [0.1, 0.15) is 0 Å². The largest absolute Gasteiger partial charge is 0.369 e. The van der Waals surface area contributed by atoms with Crippen molar-refractivity contribution in [1.29, 1.82) is 0 Å². The SMILES string of the molecule is CCCC1CCC(C)(C)OC1(C)C. The first-order valence-electron chi connectivity index (χ1n) is 5.57. The molecule has 1 atom stereocenters. The Kier molecular flexibility index (Phi) is 3.06. The monoisotopic (exact) mass is 184 g/mol. The third kappa shape index (κ3) is 2.70. The molecule has 0 aromatic heterocycles. The lowest BCUT2D eigenvalue weighted by atomic mass is 9.77. The van der Waals surface area contributed by atoms with E-state index >= 15 is 0 Å². The van der Waals surface area contributed by atoms with Crippen LogP contribution in [0, 0.1) is 5.92 Å². The summed E-state index contributed by atoms with van der Waals surface area (Å²) in [6, 6.07) is 0. The smallest absolute Gasteiger partial charge is 0.0661 e. The molecule has 1 nitrogen and oxygen atoms in total. The summed E-state index contributed by atoms with van der Waals surface area (Å²) in [6.45, 7) is 11.2. The summed E-state index contributed by atoms with van der Waals surface area (Å²) < 4.78 is 6.13. The molecule has 0 spiro atoms. The van der Waals surface area contributed by atoms with Gasteiger partial charge < -0.3 is 4.74 Å². The van der Waals surface area contributed by atoms with Crippen molar-refractivity contribution in [2.45, 2.75) is 71.5 Å². The maximum Gasteiger partial charge on any atom is 0.0661 e. The summed E-state index contributed by atoms with van der Waals surface area (Å²) in [5, 5.41) is 0. The molecule has 0 aromatic rings. The van der Waals surface area contributed by atoms with Crippen molar-refractivity contribution in [3.05, 3.63) is 0 Å². The van der Waals surface area contributed by atoms with Crippen molar-refractivity contribution < 1.29 is 4.74 Å². The van der Waals surface area contributed by atoms with E-state index in [1.54, 1.807) is 0 Å². The zero-order valence-electron chi connectivity index (χ0n) is 9.81. The van der Waals surface area contributed by atoms with Crippen molar-refractivity contribution in [3.8, 4) is 0 Å². The van der Waals surface area contributed by atoms with Gasteiger partial charge in [0.15, 0.2) is 0 Å². The summed E-state index contributed by atoms with van der Waals surface area (Å²) in [7, 11) is 0. The van der Waals surface area contributed by atoms with Gasteiger partial charge in [-0.1, -0.05) is 13.3 Å². The van der Waals surface area contributed by atoms with Crippen LogP contribution >= 0.6 is 0 Å². The van der Waals surface area contributed by atoms with Gasteiger partial charge in [-0.2, -0.15) is 0 Å². The quantitative estimate of drug-likeness (QED) is 0.634. The maximum absolute atomic E-state index is 6.13. The highest BCUT2D eigenvalue weighted by atomic mass is 16.5. The van der Waals surface area contributed by atoms with Gasteiger partial charge in [0, 0.05) is 0 Å². The van der Waals surface area contributed by atoms with Gasteiger partial charge in [0.2, 0.25) is 0 Å². The summed E-state index contributed by atoms with van der Waals surface area (Å²) in [5.74, 6) is 0.755. The number of rotatable bonds is 2. The van der Waals surface area contributed by atoms with Gasteiger partial charge in [-0.15, -0.1) is 0 Å². The molecule has 1 unspecified atom stereocenters. The van der Waals surface area contributed by atoms with E-state index in [1.165, 1.54) is 25.7 Å². The number of ether oxygens (including phenoxy) is 1. The second-order valence-corrected chi connectivity index (χ2v) is 5.49. The zero-order valence-corrected chi connectivity index (χ0v) is 9.81. The molecular formula is C12H24O. The minimum absolute atomic E-state index is 0.0811.